The molecule has 0 unspecified atom stereocenters. The van der Waals surface area contributed by atoms with Gasteiger partial charge in [0.1, 0.15) is 16.6 Å². The molecular weight excluding hydrogens is 618 g/mol. The number of aromatic nitrogens is 1. The standard InChI is InChI=1S/C37H36F2N4O3S/c1-3-24-6-4-7-25(12-24)21-40-22-35(45)34(15-26-13-31(38)20-32(39)14-26)43-36(46)29-16-28(17-30(18-29)37-41-10-11-47-37)27-8-5-9-33(19-27)42-23(2)44/h4-14,16-20,34-35,40,45H,3,15,21-22H2,1-2H3,(H,42,44)(H,43,46)/t34-,35+/m0/s1. The summed E-state index contributed by atoms with van der Waals surface area (Å²) in [5.74, 6) is -2.16. The molecule has 0 saturated carbocycles. The number of aliphatic hydroxyl groups excluding tert-OH is 1. The van der Waals surface area contributed by atoms with Gasteiger partial charge in [-0.15, -0.1) is 11.3 Å². The zero-order valence-electron chi connectivity index (χ0n) is 26.1. The van der Waals surface area contributed by atoms with Crippen LogP contribution in [0.1, 0.15) is 40.9 Å². The minimum Gasteiger partial charge on any atom is -0.390 e. The van der Waals surface area contributed by atoms with Crippen molar-refractivity contribution in [3.8, 4) is 21.7 Å². The highest BCUT2D eigenvalue weighted by Gasteiger charge is 2.24. The number of rotatable bonds is 13. The van der Waals surface area contributed by atoms with E-state index in [1.54, 1.807) is 24.4 Å². The van der Waals surface area contributed by atoms with Crippen LogP contribution in [0.4, 0.5) is 14.5 Å². The normalized spacial score (nSPS) is 12.4. The zero-order valence-corrected chi connectivity index (χ0v) is 26.9. The average molecular weight is 655 g/mol. The Kier molecular flexibility index (Phi) is 11.2. The lowest BCUT2D eigenvalue weighted by molar-refractivity contribution is -0.114. The maximum absolute atomic E-state index is 14.1. The van der Waals surface area contributed by atoms with Crippen LogP contribution in [-0.4, -0.2) is 40.6 Å². The van der Waals surface area contributed by atoms with Gasteiger partial charge in [-0.3, -0.25) is 9.59 Å². The molecule has 2 amide bonds. The SMILES string of the molecule is CCc1cccc(CNC[C@@H](O)[C@H](Cc2cc(F)cc(F)c2)NC(=O)c2cc(-c3cccc(NC(C)=O)c3)cc(-c3nccs3)c2)c1. The first kappa shape index (κ1) is 33.6. The van der Waals surface area contributed by atoms with Crippen molar-refractivity contribution in [1.82, 2.24) is 15.6 Å². The molecule has 1 aromatic heterocycles. The highest BCUT2D eigenvalue weighted by molar-refractivity contribution is 7.13. The summed E-state index contributed by atoms with van der Waals surface area (Å²) in [5, 5.41) is 22.8. The first-order valence-corrected chi connectivity index (χ1v) is 16.2. The van der Waals surface area contributed by atoms with Gasteiger partial charge in [0.15, 0.2) is 0 Å². The Labute approximate surface area is 276 Å². The average Bonchev–Trinajstić information content (AvgIpc) is 3.59. The molecule has 1 heterocycles. The molecule has 242 valence electrons. The number of hydrogen-bond acceptors (Lipinski definition) is 6. The molecule has 0 aliphatic heterocycles. The smallest absolute Gasteiger partial charge is 0.251 e. The van der Waals surface area contributed by atoms with Crippen molar-refractivity contribution in [3.05, 3.63) is 130 Å². The molecule has 0 fully saturated rings. The van der Waals surface area contributed by atoms with Crippen LogP contribution in [0.2, 0.25) is 0 Å². The van der Waals surface area contributed by atoms with Gasteiger partial charge in [-0.2, -0.15) is 0 Å². The summed E-state index contributed by atoms with van der Waals surface area (Å²) in [6.45, 7) is 4.13. The Bertz CT molecular complexity index is 1830. The van der Waals surface area contributed by atoms with Crippen LogP contribution in [0.3, 0.4) is 0 Å². The van der Waals surface area contributed by atoms with Crippen molar-refractivity contribution in [3.63, 3.8) is 0 Å². The molecule has 0 spiro atoms. The van der Waals surface area contributed by atoms with E-state index in [0.29, 0.717) is 33.9 Å². The number of nitrogens with one attached hydrogen (secondary N) is 3. The minimum absolute atomic E-state index is 0.00756. The summed E-state index contributed by atoms with van der Waals surface area (Å²) in [6, 6.07) is 23.1. The maximum Gasteiger partial charge on any atom is 0.251 e. The second-order valence-electron chi connectivity index (χ2n) is 11.3. The Morgan fingerprint density at radius 3 is 2.34 bits per heavy atom. The Balaban J connectivity index is 1.42. The van der Waals surface area contributed by atoms with Crippen LogP contribution in [-0.2, 0) is 24.2 Å². The lowest BCUT2D eigenvalue weighted by Crippen LogP contribution is -2.48. The largest absolute Gasteiger partial charge is 0.390 e. The number of halogens is 2. The van der Waals surface area contributed by atoms with Gasteiger partial charge in [-0.25, -0.2) is 13.8 Å². The number of nitrogens with zero attached hydrogens (tertiary/aromatic N) is 1. The van der Waals surface area contributed by atoms with Gasteiger partial charge >= 0.3 is 0 Å². The van der Waals surface area contributed by atoms with E-state index in [4.69, 9.17) is 0 Å². The number of benzene rings is 4. The van der Waals surface area contributed by atoms with E-state index in [1.165, 1.54) is 36.0 Å². The van der Waals surface area contributed by atoms with Gasteiger partial charge < -0.3 is 21.1 Å². The summed E-state index contributed by atoms with van der Waals surface area (Å²) < 4.78 is 28.2. The van der Waals surface area contributed by atoms with Gasteiger partial charge in [0.2, 0.25) is 5.91 Å². The van der Waals surface area contributed by atoms with Crippen LogP contribution in [0.15, 0.2) is 96.5 Å². The lowest BCUT2D eigenvalue weighted by atomic mass is 9.97. The maximum atomic E-state index is 14.1. The predicted molar refractivity (Wildman–Crippen MR) is 182 cm³/mol. The third-order valence-corrected chi connectivity index (χ3v) is 8.45. The molecule has 0 aliphatic carbocycles. The number of aryl methyl sites for hydroxylation is 1. The highest BCUT2D eigenvalue weighted by Crippen LogP contribution is 2.31. The number of thiazole rings is 1. The van der Waals surface area contributed by atoms with Gasteiger partial charge in [0.05, 0.1) is 12.1 Å². The molecule has 4 N–H and O–H groups in total. The first-order chi connectivity index (χ1) is 22.7. The molecule has 47 heavy (non-hydrogen) atoms. The van der Waals surface area contributed by atoms with Crippen molar-refractivity contribution in [2.45, 2.75) is 45.4 Å². The van der Waals surface area contributed by atoms with Gasteiger partial charge in [0, 0.05) is 54.5 Å². The molecule has 5 aromatic rings. The molecule has 4 aromatic carbocycles. The monoisotopic (exact) mass is 654 g/mol. The van der Waals surface area contributed by atoms with Gasteiger partial charge in [-0.1, -0.05) is 43.3 Å². The second-order valence-corrected chi connectivity index (χ2v) is 12.2. The molecular formula is C37H36F2N4O3S. The molecule has 2 atom stereocenters. The van der Waals surface area contributed by atoms with Crippen LogP contribution in [0.5, 0.6) is 0 Å². The van der Waals surface area contributed by atoms with E-state index in [-0.39, 0.29) is 18.9 Å². The number of amides is 2. The molecule has 5 rings (SSSR count). The fraction of sp³-hybridized carbons (Fsp3) is 0.216. The lowest BCUT2D eigenvalue weighted by Gasteiger charge is -2.25. The Morgan fingerprint density at radius 1 is 0.872 bits per heavy atom. The Morgan fingerprint density at radius 2 is 1.62 bits per heavy atom. The zero-order chi connectivity index (χ0) is 33.3. The molecule has 0 bridgehead atoms. The third kappa shape index (κ3) is 9.38. The summed E-state index contributed by atoms with van der Waals surface area (Å²) in [6.07, 6.45) is 1.49. The van der Waals surface area contributed by atoms with Crippen LogP contribution in [0.25, 0.3) is 21.7 Å². The van der Waals surface area contributed by atoms with E-state index in [2.05, 4.69) is 40.0 Å². The number of carbonyl (C=O) groups excluding carboxylic acids is 2. The number of hydrogen-bond donors (Lipinski definition) is 4. The first-order valence-electron chi connectivity index (χ1n) is 15.3. The Hall–Kier alpha value is -4.77. The van der Waals surface area contributed by atoms with Gasteiger partial charge in [0.25, 0.3) is 5.91 Å². The van der Waals surface area contributed by atoms with E-state index < -0.39 is 29.7 Å². The third-order valence-electron chi connectivity index (χ3n) is 7.63. The van der Waals surface area contributed by atoms with E-state index >= 15 is 0 Å². The summed E-state index contributed by atoms with van der Waals surface area (Å²) in [7, 11) is 0. The second kappa shape index (κ2) is 15.7. The summed E-state index contributed by atoms with van der Waals surface area (Å²) >= 11 is 1.43. The van der Waals surface area contributed by atoms with E-state index in [0.717, 1.165) is 29.2 Å². The molecule has 0 saturated heterocycles. The van der Waals surface area contributed by atoms with Crippen molar-refractivity contribution in [1.29, 1.82) is 0 Å². The predicted octanol–water partition coefficient (Wildman–Crippen LogP) is 6.77. The number of aliphatic hydroxyl groups is 1. The summed E-state index contributed by atoms with van der Waals surface area (Å²) in [4.78, 5) is 30.0. The number of anilines is 1. The fourth-order valence-electron chi connectivity index (χ4n) is 5.38. The van der Waals surface area contributed by atoms with Crippen molar-refractivity contribution in [2.75, 3.05) is 11.9 Å². The van der Waals surface area contributed by atoms with Crippen molar-refractivity contribution < 1.29 is 23.5 Å². The molecule has 7 nitrogen and oxygen atoms in total. The van der Waals surface area contributed by atoms with E-state index in [9.17, 15) is 23.5 Å². The molecule has 0 aliphatic rings. The van der Waals surface area contributed by atoms with Crippen LogP contribution >= 0.6 is 11.3 Å². The van der Waals surface area contributed by atoms with Crippen LogP contribution in [0, 0.1) is 11.6 Å². The topological polar surface area (TPSA) is 103 Å². The molecule has 0 radical (unpaired) electrons. The molecule has 10 heteroatoms. The quantitative estimate of drug-likeness (QED) is 0.112. The van der Waals surface area contributed by atoms with Crippen LogP contribution < -0.4 is 16.0 Å². The van der Waals surface area contributed by atoms with E-state index in [1.807, 2.05) is 41.8 Å². The number of carbonyl (C=O) groups is 2. The summed E-state index contributed by atoms with van der Waals surface area (Å²) in [5.41, 5.74) is 5.68. The van der Waals surface area contributed by atoms with Crippen molar-refractivity contribution >= 4 is 28.8 Å². The van der Waals surface area contributed by atoms with Crippen molar-refractivity contribution in [2.24, 2.45) is 0 Å². The highest BCUT2D eigenvalue weighted by atomic mass is 32.1. The van der Waals surface area contributed by atoms with Gasteiger partial charge in [-0.05, 0) is 83.1 Å². The minimum atomic E-state index is -1.09. The fourth-order valence-corrected chi connectivity index (χ4v) is 6.00.